The minimum atomic E-state index is -0.979. The number of rotatable bonds is 7. The molecule has 1 aromatic carbocycles. The van der Waals surface area contributed by atoms with Crippen LogP contribution in [0.25, 0.3) is 0 Å². The van der Waals surface area contributed by atoms with E-state index in [0.29, 0.717) is 19.3 Å². The summed E-state index contributed by atoms with van der Waals surface area (Å²) in [6.07, 6.45) is 1.75. The molecule has 4 nitrogen and oxygen atoms in total. The van der Waals surface area contributed by atoms with Gasteiger partial charge in [-0.15, -0.1) is 0 Å². The number of hydrogen-bond acceptors (Lipinski definition) is 2. The second kappa shape index (κ2) is 7.56. The predicted molar refractivity (Wildman–Crippen MR) is 73.8 cm³/mol. The molecule has 4 heteroatoms. The lowest BCUT2D eigenvalue weighted by Gasteiger charge is -2.17. The van der Waals surface area contributed by atoms with E-state index in [1.807, 2.05) is 37.3 Å². The Bertz CT molecular complexity index is 417. The molecule has 0 aromatic heterocycles. The monoisotopic (exact) mass is 263 g/mol. The lowest BCUT2D eigenvalue weighted by atomic mass is 10.0. The van der Waals surface area contributed by atoms with Crippen LogP contribution >= 0.6 is 0 Å². The highest BCUT2D eigenvalue weighted by atomic mass is 16.4. The fraction of sp³-hybridized carbons (Fsp3) is 0.467. The summed E-state index contributed by atoms with van der Waals surface area (Å²) in [5, 5.41) is 11.7. The first-order chi connectivity index (χ1) is 9.04. The van der Waals surface area contributed by atoms with E-state index in [9.17, 15) is 9.59 Å². The maximum atomic E-state index is 11.7. The molecule has 19 heavy (non-hydrogen) atoms. The predicted octanol–water partition coefficient (Wildman–Crippen LogP) is 2.23. The molecule has 1 amide bonds. The molecule has 0 saturated heterocycles. The minimum Gasteiger partial charge on any atom is -0.480 e. The molecule has 0 bridgehead atoms. The molecule has 1 rings (SSSR count). The van der Waals surface area contributed by atoms with Gasteiger partial charge in [-0.2, -0.15) is 0 Å². The van der Waals surface area contributed by atoms with Gasteiger partial charge in [-0.3, -0.25) is 4.79 Å². The highest BCUT2D eigenvalue weighted by molar-refractivity contribution is 5.84. The van der Waals surface area contributed by atoms with Gasteiger partial charge >= 0.3 is 5.97 Å². The maximum absolute atomic E-state index is 11.7. The van der Waals surface area contributed by atoms with Crippen molar-refractivity contribution >= 4 is 11.9 Å². The Labute approximate surface area is 113 Å². The molecule has 0 radical (unpaired) electrons. The van der Waals surface area contributed by atoms with Crippen LogP contribution < -0.4 is 5.32 Å². The molecule has 0 fully saturated rings. The molecule has 0 aliphatic heterocycles. The number of aliphatic carboxylic acids is 1. The van der Waals surface area contributed by atoms with Gasteiger partial charge in [0.1, 0.15) is 6.04 Å². The highest BCUT2D eigenvalue weighted by Crippen LogP contribution is 2.07. The van der Waals surface area contributed by atoms with Gasteiger partial charge in [-0.1, -0.05) is 44.2 Å². The summed E-state index contributed by atoms with van der Waals surface area (Å²) in [5.41, 5.74) is 1.08. The number of hydrogen-bond donors (Lipinski definition) is 2. The van der Waals surface area contributed by atoms with Crippen molar-refractivity contribution in [3.05, 3.63) is 35.9 Å². The van der Waals surface area contributed by atoms with Crippen molar-refractivity contribution in [2.75, 3.05) is 0 Å². The van der Waals surface area contributed by atoms with Crippen LogP contribution in [-0.2, 0) is 16.0 Å². The van der Waals surface area contributed by atoms with E-state index < -0.39 is 12.0 Å². The number of benzene rings is 1. The summed E-state index contributed by atoms with van der Waals surface area (Å²) >= 11 is 0. The quantitative estimate of drug-likeness (QED) is 0.792. The van der Waals surface area contributed by atoms with E-state index >= 15 is 0 Å². The number of carbonyl (C=O) groups is 2. The van der Waals surface area contributed by atoms with Gasteiger partial charge < -0.3 is 10.4 Å². The number of aryl methyl sites for hydroxylation is 1. The molecule has 1 aromatic rings. The fourth-order valence-corrected chi connectivity index (χ4v) is 1.71. The largest absolute Gasteiger partial charge is 0.480 e. The number of carboxylic acids is 1. The second-order valence-corrected chi connectivity index (χ2v) is 4.73. The first-order valence-corrected chi connectivity index (χ1v) is 6.61. The second-order valence-electron chi connectivity index (χ2n) is 4.73. The summed E-state index contributed by atoms with van der Waals surface area (Å²) in [6.45, 7) is 3.70. The smallest absolute Gasteiger partial charge is 0.326 e. The van der Waals surface area contributed by atoms with Crippen LogP contribution in [0.4, 0.5) is 0 Å². The van der Waals surface area contributed by atoms with E-state index in [1.165, 1.54) is 0 Å². The van der Waals surface area contributed by atoms with E-state index in [1.54, 1.807) is 6.92 Å². The first-order valence-electron chi connectivity index (χ1n) is 6.61. The Morgan fingerprint density at radius 3 is 2.42 bits per heavy atom. The van der Waals surface area contributed by atoms with Crippen LogP contribution in [0.3, 0.4) is 0 Å². The molecule has 2 N–H and O–H groups in total. The van der Waals surface area contributed by atoms with Gasteiger partial charge in [0.05, 0.1) is 0 Å². The Kier molecular flexibility index (Phi) is 6.06. The molecular formula is C15H21NO3. The molecule has 104 valence electrons. The topological polar surface area (TPSA) is 66.4 Å². The number of nitrogens with one attached hydrogen (secondary N) is 1. The van der Waals surface area contributed by atoms with Crippen LogP contribution in [0.1, 0.15) is 32.3 Å². The van der Waals surface area contributed by atoms with Crippen LogP contribution in [0.5, 0.6) is 0 Å². The van der Waals surface area contributed by atoms with Crippen LogP contribution in [0.15, 0.2) is 30.3 Å². The van der Waals surface area contributed by atoms with Crippen molar-refractivity contribution in [3.63, 3.8) is 0 Å². The third-order valence-electron chi connectivity index (χ3n) is 3.24. The third kappa shape index (κ3) is 5.12. The molecule has 0 saturated carbocycles. The SMILES string of the molecule is CCC(C)C(=O)NC(CCc1ccccc1)C(=O)O. The van der Waals surface area contributed by atoms with Gasteiger partial charge in [0.2, 0.25) is 5.91 Å². The molecular weight excluding hydrogens is 242 g/mol. The fourth-order valence-electron chi connectivity index (χ4n) is 1.71. The van der Waals surface area contributed by atoms with Gasteiger partial charge in [-0.05, 0) is 24.8 Å². The standard InChI is InChI=1S/C15H21NO3/c1-3-11(2)14(17)16-13(15(18)19)10-9-12-7-5-4-6-8-12/h4-8,11,13H,3,9-10H2,1-2H3,(H,16,17)(H,18,19). The number of carboxylic acid groups (broad SMARTS) is 1. The molecule has 0 spiro atoms. The average molecular weight is 263 g/mol. The summed E-state index contributed by atoms with van der Waals surface area (Å²) in [4.78, 5) is 22.9. The Balaban J connectivity index is 2.54. The zero-order valence-electron chi connectivity index (χ0n) is 11.4. The summed E-state index contributed by atoms with van der Waals surface area (Å²) < 4.78 is 0. The van der Waals surface area contributed by atoms with Crippen LogP contribution in [0.2, 0.25) is 0 Å². The molecule has 2 atom stereocenters. The average Bonchev–Trinajstić information content (AvgIpc) is 2.42. The lowest BCUT2D eigenvalue weighted by molar-refractivity contribution is -0.142. The Morgan fingerprint density at radius 2 is 1.89 bits per heavy atom. The lowest BCUT2D eigenvalue weighted by Crippen LogP contribution is -2.43. The minimum absolute atomic E-state index is 0.154. The molecule has 2 unspecified atom stereocenters. The van der Waals surface area contributed by atoms with Crippen molar-refractivity contribution in [1.29, 1.82) is 0 Å². The first kappa shape index (κ1) is 15.2. The maximum Gasteiger partial charge on any atom is 0.326 e. The van der Waals surface area contributed by atoms with Gasteiger partial charge in [0.25, 0.3) is 0 Å². The van der Waals surface area contributed by atoms with Crippen LogP contribution in [0, 0.1) is 5.92 Å². The van der Waals surface area contributed by atoms with E-state index in [2.05, 4.69) is 5.32 Å². The van der Waals surface area contributed by atoms with E-state index in [-0.39, 0.29) is 11.8 Å². The van der Waals surface area contributed by atoms with Crippen molar-refractivity contribution in [2.24, 2.45) is 5.92 Å². The summed E-state index contributed by atoms with van der Waals surface area (Å²) in [7, 11) is 0. The van der Waals surface area contributed by atoms with Crippen molar-refractivity contribution in [2.45, 2.75) is 39.2 Å². The highest BCUT2D eigenvalue weighted by Gasteiger charge is 2.21. The van der Waals surface area contributed by atoms with Gasteiger partial charge in [0.15, 0.2) is 0 Å². The number of amides is 1. The van der Waals surface area contributed by atoms with Gasteiger partial charge in [-0.25, -0.2) is 4.79 Å². The third-order valence-corrected chi connectivity index (χ3v) is 3.24. The van der Waals surface area contributed by atoms with E-state index in [4.69, 9.17) is 5.11 Å². The zero-order chi connectivity index (χ0) is 14.3. The number of carbonyl (C=O) groups excluding carboxylic acids is 1. The summed E-state index contributed by atoms with van der Waals surface area (Å²) in [5.74, 6) is -1.32. The normalized spacial score (nSPS) is 13.6. The van der Waals surface area contributed by atoms with E-state index in [0.717, 1.165) is 5.56 Å². The molecule has 0 aliphatic carbocycles. The Hall–Kier alpha value is -1.84. The van der Waals surface area contributed by atoms with Crippen LogP contribution in [-0.4, -0.2) is 23.0 Å². The van der Waals surface area contributed by atoms with Crippen molar-refractivity contribution in [1.82, 2.24) is 5.32 Å². The Morgan fingerprint density at radius 1 is 1.26 bits per heavy atom. The summed E-state index contributed by atoms with van der Waals surface area (Å²) in [6, 6.07) is 8.85. The molecule has 0 heterocycles. The molecule has 0 aliphatic rings. The van der Waals surface area contributed by atoms with Gasteiger partial charge in [0, 0.05) is 5.92 Å². The zero-order valence-corrected chi connectivity index (χ0v) is 11.4. The van der Waals surface area contributed by atoms with Crippen molar-refractivity contribution < 1.29 is 14.7 Å². The van der Waals surface area contributed by atoms with Crippen molar-refractivity contribution in [3.8, 4) is 0 Å².